The summed E-state index contributed by atoms with van der Waals surface area (Å²) in [5, 5.41) is 3.43. The quantitative estimate of drug-likeness (QED) is 0.822. The molecule has 1 saturated heterocycles. The van der Waals surface area contributed by atoms with Crippen molar-refractivity contribution in [2.75, 3.05) is 36.5 Å². The molecule has 0 spiro atoms. The standard InChI is InChI=1S/C13H20IN3O/c1-13(2,3)16-11-8-10(14)9-12(15-11)17-4-6-18-7-5-17/h8-9H,4-7H2,1-3H3,(H,15,16). The molecule has 0 amide bonds. The van der Waals surface area contributed by atoms with E-state index in [1.54, 1.807) is 0 Å². The number of morpholine rings is 1. The van der Waals surface area contributed by atoms with Gasteiger partial charge in [0.15, 0.2) is 0 Å². The first kappa shape index (κ1) is 13.9. The molecule has 1 fully saturated rings. The van der Waals surface area contributed by atoms with Crippen molar-refractivity contribution >= 4 is 34.2 Å². The second kappa shape index (κ2) is 5.61. The molecule has 0 radical (unpaired) electrons. The van der Waals surface area contributed by atoms with Gasteiger partial charge in [0.05, 0.1) is 13.2 Å². The zero-order valence-electron chi connectivity index (χ0n) is 11.2. The summed E-state index contributed by atoms with van der Waals surface area (Å²) < 4.78 is 6.58. The van der Waals surface area contributed by atoms with Crippen molar-refractivity contribution in [3.05, 3.63) is 15.7 Å². The summed E-state index contributed by atoms with van der Waals surface area (Å²) in [4.78, 5) is 6.97. The molecule has 0 aromatic carbocycles. The molecule has 2 rings (SSSR count). The van der Waals surface area contributed by atoms with Crippen molar-refractivity contribution < 1.29 is 4.74 Å². The van der Waals surface area contributed by atoms with Crippen LogP contribution in [0.4, 0.5) is 11.6 Å². The second-order valence-electron chi connectivity index (χ2n) is 5.50. The molecule has 0 saturated carbocycles. The summed E-state index contributed by atoms with van der Waals surface area (Å²) in [5.74, 6) is 1.98. The van der Waals surface area contributed by atoms with Gasteiger partial charge in [0.1, 0.15) is 11.6 Å². The third kappa shape index (κ3) is 3.98. The highest BCUT2D eigenvalue weighted by molar-refractivity contribution is 14.1. The predicted molar refractivity (Wildman–Crippen MR) is 83.4 cm³/mol. The number of halogens is 1. The lowest BCUT2D eigenvalue weighted by Crippen LogP contribution is -2.37. The number of nitrogens with one attached hydrogen (secondary N) is 1. The van der Waals surface area contributed by atoms with E-state index in [1.807, 2.05) is 0 Å². The van der Waals surface area contributed by atoms with Crippen LogP contribution in [0.2, 0.25) is 0 Å². The lowest BCUT2D eigenvalue weighted by Gasteiger charge is -2.29. The van der Waals surface area contributed by atoms with Crippen LogP contribution in [0.1, 0.15) is 20.8 Å². The van der Waals surface area contributed by atoms with E-state index < -0.39 is 0 Å². The SMILES string of the molecule is CC(C)(C)Nc1cc(I)cc(N2CCOCC2)n1. The minimum Gasteiger partial charge on any atom is -0.378 e. The van der Waals surface area contributed by atoms with E-state index in [9.17, 15) is 0 Å². The molecule has 0 atom stereocenters. The summed E-state index contributed by atoms with van der Waals surface area (Å²) >= 11 is 2.34. The number of pyridine rings is 1. The van der Waals surface area contributed by atoms with Gasteiger partial charge in [0.25, 0.3) is 0 Å². The fourth-order valence-corrected chi connectivity index (χ4v) is 2.46. The predicted octanol–water partition coefficient (Wildman–Crippen LogP) is 2.73. The van der Waals surface area contributed by atoms with Gasteiger partial charge in [-0.1, -0.05) is 0 Å². The Hall–Kier alpha value is -0.560. The Balaban J connectivity index is 2.20. The lowest BCUT2D eigenvalue weighted by molar-refractivity contribution is 0.122. The second-order valence-corrected chi connectivity index (χ2v) is 6.75. The molecule has 1 aromatic rings. The van der Waals surface area contributed by atoms with Crippen molar-refractivity contribution in [3.63, 3.8) is 0 Å². The molecule has 5 heteroatoms. The molecule has 100 valence electrons. The minimum absolute atomic E-state index is 0.0275. The Morgan fingerprint density at radius 3 is 2.56 bits per heavy atom. The summed E-state index contributed by atoms with van der Waals surface area (Å²) in [6.07, 6.45) is 0. The molecule has 1 aliphatic heterocycles. The van der Waals surface area contributed by atoms with Crippen molar-refractivity contribution in [2.45, 2.75) is 26.3 Å². The van der Waals surface area contributed by atoms with Crippen LogP contribution >= 0.6 is 22.6 Å². The zero-order valence-corrected chi connectivity index (χ0v) is 13.3. The Morgan fingerprint density at radius 1 is 1.28 bits per heavy atom. The van der Waals surface area contributed by atoms with Crippen LogP contribution in [-0.4, -0.2) is 36.8 Å². The van der Waals surface area contributed by atoms with E-state index in [2.05, 4.69) is 65.7 Å². The summed E-state index contributed by atoms with van der Waals surface area (Å²) in [6, 6.07) is 4.20. The highest BCUT2D eigenvalue weighted by Crippen LogP contribution is 2.22. The van der Waals surface area contributed by atoms with Gasteiger partial charge in [-0.15, -0.1) is 0 Å². The van der Waals surface area contributed by atoms with Crippen molar-refractivity contribution in [1.82, 2.24) is 4.98 Å². The first-order valence-corrected chi connectivity index (χ1v) is 7.30. The highest BCUT2D eigenvalue weighted by atomic mass is 127. The minimum atomic E-state index is 0.0275. The molecule has 0 aliphatic carbocycles. The van der Waals surface area contributed by atoms with Crippen LogP contribution in [0.25, 0.3) is 0 Å². The summed E-state index contributed by atoms with van der Waals surface area (Å²) in [5.41, 5.74) is 0.0275. The maximum absolute atomic E-state index is 5.38. The van der Waals surface area contributed by atoms with Crippen molar-refractivity contribution in [2.24, 2.45) is 0 Å². The maximum Gasteiger partial charge on any atom is 0.132 e. The van der Waals surface area contributed by atoms with Crippen LogP contribution in [-0.2, 0) is 4.74 Å². The zero-order chi connectivity index (χ0) is 13.2. The van der Waals surface area contributed by atoms with E-state index in [4.69, 9.17) is 9.72 Å². The summed E-state index contributed by atoms with van der Waals surface area (Å²) in [7, 11) is 0. The number of hydrogen-bond acceptors (Lipinski definition) is 4. The molecular weight excluding hydrogens is 341 g/mol. The third-order valence-electron chi connectivity index (χ3n) is 2.61. The largest absolute Gasteiger partial charge is 0.378 e. The lowest BCUT2D eigenvalue weighted by atomic mass is 10.1. The Morgan fingerprint density at radius 2 is 1.94 bits per heavy atom. The number of ether oxygens (including phenoxy) is 1. The molecule has 0 bridgehead atoms. The maximum atomic E-state index is 5.38. The molecule has 18 heavy (non-hydrogen) atoms. The molecule has 1 aromatic heterocycles. The van der Waals surface area contributed by atoms with E-state index in [1.165, 1.54) is 3.57 Å². The van der Waals surface area contributed by atoms with Gasteiger partial charge in [-0.05, 0) is 55.5 Å². The molecular formula is C13H20IN3O. The fourth-order valence-electron chi connectivity index (χ4n) is 1.89. The smallest absolute Gasteiger partial charge is 0.132 e. The Bertz CT molecular complexity index is 411. The molecule has 4 nitrogen and oxygen atoms in total. The normalized spacial score (nSPS) is 16.8. The van der Waals surface area contributed by atoms with Crippen LogP contribution < -0.4 is 10.2 Å². The van der Waals surface area contributed by atoms with Gasteiger partial charge in [-0.2, -0.15) is 0 Å². The topological polar surface area (TPSA) is 37.4 Å². The van der Waals surface area contributed by atoms with Crippen molar-refractivity contribution in [3.8, 4) is 0 Å². The fraction of sp³-hybridized carbons (Fsp3) is 0.615. The highest BCUT2D eigenvalue weighted by Gasteiger charge is 2.16. The average Bonchev–Trinajstić information content (AvgIpc) is 2.27. The van der Waals surface area contributed by atoms with Gasteiger partial charge < -0.3 is 15.0 Å². The van der Waals surface area contributed by atoms with Crippen LogP contribution in [0.5, 0.6) is 0 Å². The molecule has 1 aliphatic rings. The monoisotopic (exact) mass is 361 g/mol. The van der Waals surface area contributed by atoms with E-state index in [0.717, 1.165) is 37.9 Å². The number of anilines is 2. The molecule has 2 heterocycles. The number of hydrogen-bond donors (Lipinski definition) is 1. The van der Waals surface area contributed by atoms with Gasteiger partial charge in [0.2, 0.25) is 0 Å². The van der Waals surface area contributed by atoms with E-state index in [-0.39, 0.29) is 5.54 Å². The first-order valence-electron chi connectivity index (χ1n) is 6.22. The molecule has 1 N–H and O–H groups in total. The molecule has 0 unspecified atom stereocenters. The number of rotatable bonds is 2. The van der Waals surface area contributed by atoms with Crippen LogP contribution in [0.15, 0.2) is 12.1 Å². The van der Waals surface area contributed by atoms with E-state index in [0.29, 0.717) is 0 Å². The van der Waals surface area contributed by atoms with Gasteiger partial charge >= 0.3 is 0 Å². The van der Waals surface area contributed by atoms with Crippen LogP contribution in [0, 0.1) is 3.57 Å². The van der Waals surface area contributed by atoms with Gasteiger partial charge in [-0.3, -0.25) is 0 Å². The average molecular weight is 361 g/mol. The summed E-state index contributed by atoms with van der Waals surface area (Å²) in [6.45, 7) is 9.84. The first-order chi connectivity index (χ1) is 8.44. The van der Waals surface area contributed by atoms with Gasteiger partial charge in [0, 0.05) is 22.2 Å². The Kier molecular flexibility index (Phi) is 4.32. The number of nitrogens with zero attached hydrogens (tertiary/aromatic N) is 2. The number of aromatic nitrogens is 1. The van der Waals surface area contributed by atoms with Gasteiger partial charge in [-0.25, -0.2) is 4.98 Å². The Labute approximate surface area is 122 Å². The van der Waals surface area contributed by atoms with Crippen molar-refractivity contribution in [1.29, 1.82) is 0 Å². The van der Waals surface area contributed by atoms with E-state index >= 15 is 0 Å². The third-order valence-corrected chi connectivity index (χ3v) is 3.24. The van der Waals surface area contributed by atoms with Crippen LogP contribution in [0.3, 0.4) is 0 Å².